The summed E-state index contributed by atoms with van der Waals surface area (Å²) in [6, 6.07) is 37.0. The first-order valence-corrected chi connectivity index (χ1v) is 25.8. The molecule has 0 amide bonds. The van der Waals surface area contributed by atoms with E-state index in [0.717, 1.165) is 20.8 Å². The van der Waals surface area contributed by atoms with Gasteiger partial charge in [-0.3, -0.25) is 0 Å². The van der Waals surface area contributed by atoms with Crippen LogP contribution in [0.15, 0.2) is 121 Å². The molecule has 3 heteroatoms. The summed E-state index contributed by atoms with van der Waals surface area (Å²) >= 11 is 10.9. The molecule has 6 aromatic rings. The SMILES string of the molecule is CC(C)(C)c1cc2c(cc1C(C)(C)C)[CH]([Zr](=[C](c1cccc3c(Cl)cccc13)c1cccc3c(Cl)cccc13)[CH]1C=CC=C1)c1cc(C(C)(C)C)c(C(C)(C)C)cc1-2. The molecular formula is C55H58Cl2Zr. The number of rotatable bonds is 4. The van der Waals surface area contributed by atoms with Gasteiger partial charge in [-0.2, -0.15) is 0 Å². The molecule has 2 aliphatic rings. The van der Waals surface area contributed by atoms with E-state index < -0.39 is 21.3 Å². The first kappa shape index (κ1) is 41.4. The first-order valence-electron chi connectivity index (χ1n) is 21.0. The second-order valence-electron chi connectivity index (χ2n) is 20.8. The van der Waals surface area contributed by atoms with Gasteiger partial charge in [-0.05, 0) is 0 Å². The average Bonchev–Trinajstić information content (AvgIpc) is 3.78. The summed E-state index contributed by atoms with van der Waals surface area (Å²) in [5.74, 6) is 0. The predicted octanol–water partition coefficient (Wildman–Crippen LogP) is 16.4. The first-order chi connectivity index (χ1) is 27.2. The van der Waals surface area contributed by atoms with Crippen LogP contribution in [0, 0.1) is 0 Å². The van der Waals surface area contributed by atoms with E-state index in [1.54, 1.807) is 0 Å². The van der Waals surface area contributed by atoms with Crippen LogP contribution < -0.4 is 0 Å². The van der Waals surface area contributed by atoms with Gasteiger partial charge in [0.1, 0.15) is 0 Å². The molecule has 0 aromatic heterocycles. The monoisotopic (exact) mass is 878 g/mol. The zero-order valence-electron chi connectivity index (χ0n) is 36.5. The van der Waals surface area contributed by atoms with Crippen molar-refractivity contribution in [2.45, 2.75) is 112 Å². The van der Waals surface area contributed by atoms with Crippen LogP contribution in [0.3, 0.4) is 0 Å². The van der Waals surface area contributed by atoms with Crippen LogP contribution in [0.25, 0.3) is 32.7 Å². The van der Waals surface area contributed by atoms with Gasteiger partial charge in [-0.1, -0.05) is 0 Å². The molecule has 0 atom stereocenters. The minimum absolute atomic E-state index is 0.0195. The van der Waals surface area contributed by atoms with Crippen LogP contribution >= 0.6 is 23.2 Å². The Morgan fingerprint density at radius 2 is 0.793 bits per heavy atom. The van der Waals surface area contributed by atoms with Gasteiger partial charge in [0.05, 0.1) is 0 Å². The quantitative estimate of drug-likeness (QED) is 0.165. The molecule has 0 radical (unpaired) electrons. The molecule has 0 heterocycles. The Bertz CT molecular complexity index is 2550. The molecule has 0 nitrogen and oxygen atoms in total. The average molecular weight is 881 g/mol. The van der Waals surface area contributed by atoms with Crippen molar-refractivity contribution in [3.63, 3.8) is 0 Å². The Hall–Kier alpha value is -3.35. The maximum absolute atomic E-state index is 7.05. The molecule has 2 aliphatic carbocycles. The summed E-state index contributed by atoms with van der Waals surface area (Å²) in [6.45, 7) is 28.7. The van der Waals surface area contributed by atoms with E-state index in [9.17, 15) is 0 Å². The van der Waals surface area contributed by atoms with Gasteiger partial charge in [-0.25, -0.2) is 0 Å². The van der Waals surface area contributed by atoms with Gasteiger partial charge in [0, 0.05) is 0 Å². The number of halogens is 2. The van der Waals surface area contributed by atoms with E-state index in [-0.39, 0.29) is 25.3 Å². The minimum atomic E-state index is -3.17. The van der Waals surface area contributed by atoms with E-state index in [1.165, 1.54) is 69.6 Å². The van der Waals surface area contributed by atoms with Crippen molar-refractivity contribution in [1.29, 1.82) is 0 Å². The second kappa shape index (κ2) is 14.7. The van der Waals surface area contributed by atoms with Crippen LogP contribution in [-0.4, -0.2) is 3.21 Å². The fourth-order valence-electron chi connectivity index (χ4n) is 9.74. The normalized spacial score (nSPS) is 14.8. The fourth-order valence-corrected chi connectivity index (χ4v) is 19.7. The van der Waals surface area contributed by atoms with E-state index in [0.29, 0.717) is 3.63 Å². The number of hydrogen-bond acceptors (Lipinski definition) is 0. The van der Waals surface area contributed by atoms with Crippen LogP contribution in [-0.2, 0) is 42.9 Å². The van der Waals surface area contributed by atoms with Gasteiger partial charge >= 0.3 is 368 Å². The Morgan fingerprint density at radius 3 is 1.17 bits per heavy atom. The van der Waals surface area contributed by atoms with Crippen molar-refractivity contribution in [3.05, 3.63) is 176 Å². The standard InChI is InChI=1S/C29H41.C21H12Cl2.C5H5.Zr/c1-26(2,3)22-14-18-13-19-15-23(27(4,5)6)25(29(10,11)12)17-21(19)20(18)16-24(22)28(7,8)9;22-20-11-3-7-16-14(5-1-9-18(16)20)13-15-6-2-10-19-17(15)8-4-12-21(19)23;1-2-4-5-3-1;/h13-17H,1-12H3;1-12H;1-5H;. The zero-order valence-corrected chi connectivity index (χ0v) is 40.4. The summed E-state index contributed by atoms with van der Waals surface area (Å²) in [7, 11) is 0. The molecule has 8 rings (SSSR count). The summed E-state index contributed by atoms with van der Waals surface area (Å²) < 4.78 is 2.09. The molecule has 0 spiro atoms. The van der Waals surface area contributed by atoms with E-state index in [2.05, 4.69) is 192 Å². The molecule has 0 fully saturated rings. The van der Waals surface area contributed by atoms with Crippen molar-refractivity contribution in [3.8, 4) is 11.1 Å². The van der Waals surface area contributed by atoms with Crippen molar-refractivity contribution < 1.29 is 21.3 Å². The molecule has 0 saturated carbocycles. The Kier molecular flexibility index (Phi) is 10.5. The second-order valence-corrected chi connectivity index (χ2v) is 28.1. The number of allylic oxidation sites excluding steroid dienone is 4. The van der Waals surface area contributed by atoms with Crippen LogP contribution in [0.4, 0.5) is 0 Å². The van der Waals surface area contributed by atoms with Crippen LogP contribution in [0.5, 0.6) is 0 Å². The summed E-state index contributed by atoms with van der Waals surface area (Å²) in [5.41, 5.74) is 14.2. The fraction of sp³-hybridized carbons (Fsp3) is 0.327. The molecule has 0 N–H and O–H groups in total. The summed E-state index contributed by atoms with van der Waals surface area (Å²) in [4.78, 5) is 0. The molecule has 58 heavy (non-hydrogen) atoms. The number of benzene rings is 6. The maximum atomic E-state index is 7.05. The molecule has 0 aliphatic heterocycles. The van der Waals surface area contributed by atoms with Gasteiger partial charge < -0.3 is 0 Å². The summed E-state index contributed by atoms with van der Waals surface area (Å²) in [6.07, 6.45) is 9.63. The van der Waals surface area contributed by atoms with Gasteiger partial charge in [0.2, 0.25) is 0 Å². The third-order valence-electron chi connectivity index (χ3n) is 12.5. The number of hydrogen-bond donors (Lipinski definition) is 0. The van der Waals surface area contributed by atoms with Crippen molar-refractivity contribution in [2.75, 3.05) is 0 Å². The molecule has 0 saturated heterocycles. The zero-order chi connectivity index (χ0) is 41.7. The van der Waals surface area contributed by atoms with Crippen LogP contribution in [0.2, 0.25) is 13.7 Å². The van der Waals surface area contributed by atoms with Crippen molar-refractivity contribution >= 4 is 48.0 Å². The van der Waals surface area contributed by atoms with E-state index >= 15 is 0 Å². The molecule has 6 aromatic carbocycles. The van der Waals surface area contributed by atoms with Crippen molar-refractivity contribution in [2.24, 2.45) is 0 Å². The van der Waals surface area contributed by atoms with Gasteiger partial charge in [-0.15, -0.1) is 0 Å². The van der Waals surface area contributed by atoms with Gasteiger partial charge in [0.25, 0.3) is 0 Å². The summed E-state index contributed by atoms with van der Waals surface area (Å²) in [5, 5.41) is 6.19. The Morgan fingerprint density at radius 1 is 0.448 bits per heavy atom. The van der Waals surface area contributed by atoms with E-state index in [4.69, 9.17) is 23.2 Å². The predicted molar refractivity (Wildman–Crippen MR) is 252 cm³/mol. The van der Waals surface area contributed by atoms with Crippen LogP contribution in [0.1, 0.15) is 131 Å². The third-order valence-corrected chi connectivity index (χ3v) is 21.7. The Labute approximate surface area is 365 Å². The van der Waals surface area contributed by atoms with Gasteiger partial charge in [0.15, 0.2) is 0 Å². The third kappa shape index (κ3) is 7.20. The molecule has 0 unspecified atom stereocenters. The molecular weight excluding hydrogens is 823 g/mol. The Balaban J connectivity index is 1.63. The van der Waals surface area contributed by atoms with Crippen molar-refractivity contribution in [1.82, 2.24) is 0 Å². The molecule has 0 bridgehead atoms. The molecule has 296 valence electrons. The van der Waals surface area contributed by atoms with E-state index in [1.807, 2.05) is 12.1 Å². The number of fused-ring (bicyclic) bond motifs is 5. The topological polar surface area (TPSA) is 0 Å².